The zero-order chi connectivity index (χ0) is 22.3. The molecule has 32 heavy (non-hydrogen) atoms. The largest absolute Gasteiger partial charge is 0.497 e. The Balaban J connectivity index is 1.24. The smallest absolute Gasteiger partial charge is 0.220 e. The summed E-state index contributed by atoms with van der Waals surface area (Å²) in [5, 5.41) is 4.35. The van der Waals surface area contributed by atoms with E-state index in [9.17, 15) is 4.79 Å². The van der Waals surface area contributed by atoms with E-state index in [1.165, 1.54) is 29.3 Å². The molecule has 1 aromatic heterocycles. The van der Waals surface area contributed by atoms with Crippen molar-refractivity contribution in [2.24, 2.45) is 5.92 Å². The van der Waals surface area contributed by atoms with E-state index >= 15 is 0 Å². The summed E-state index contributed by atoms with van der Waals surface area (Å²) in [7, 11) is 3.26. The number of rotatable bonds is 9. The average Bonchev–Trinajstić information content (AvgIpc) is 3.24. The molecule has 0 radical (unpaired) electrons. The van der Waals surface area contributed by atoms with Crippen LogP contribution in [0.5, 0.6) is 11.5 Å². The van der Waals surface area contributed by atoms with Crippen molar-refractivity contribution in [1.29, 1.82) is 0 Å². The van der Waals surface area contributed by atoms with Gasteiger partial charge in [-0.05, 0) is 55.5 Å². The number of hydrogen-bond acceptors (Lipinski definition) is 4. The summed E-state index contributed by atoms with van der Waals surface area (Å²) in [6, 6.07) is 14.1. The minimum Gasteiger partial charge on any atom is -0.497 e. The fourth-order valence-corrected chi connectivity index (χ4v) is 4.65. The van der Waals surface area contributed by atoms with E-state index < -0.39 is 0 Å². The van der Waals surface area contributed by atoms with Crippen LogP contribution in [0.1, 0.15) is 36.8 Å². The van der Waals surface area contributed by atoms with Crippen LogP contribution in [-0.4, -0.2) is 43.1 Å². The molecule has 6 nitrogen and oxygen atoms in total. The van der Waals surface area contributed by atoms with Crippen molar-refractivity contribution in [3.8, 4) is 11.5 Å². The molecule has 170 valence electrons. The minimum absolute atomic E-state index is 0.0941. The Morgan fingerprint density at radius 2 is 2.03 bits per heavy atom. The van der Waals surface area contributed by atoms with Gasteiger partial charge in [-0.3, -0.25) is 9.69 Å². The second-order valence-corrected chi connectivity index (χ2v) is 8.60. The van der Waals surface area contributed by atoms with Crippen LogP contribution < -0.4 is 14.8 Å². The molecule has 0 unspecified atom stereocenters. The van der Waals surface area contributed by atoms with Crippen LogP contribution in [-0.2, 0) is 17.9 Å². The summed E-state index contributed by atoms with van der Waals surface area (Å²) in [4.78, 5) is 18.4. The first kappa shape index (κ1) is 22.2. The van der Waals surface area contributed by atoms with Crippen molar-refractivity contribution in [1.82, 2.24) is 15.2 Å². The second kappa shape index (κ2) is 10.6. The van der Waals surface area contributed by atoms with Gasteiger partial charge >= 0.3 is 0 Å². The van der Waals surface area contributed by atoms with Gasteiger partial charge in [0, 0.05) is 54.8 Å². The number of likely N-dealkylation sites (tertiary alicyclic amines) is 1. The summed E-state index contributed by atoms with van der Waals surface area (Å²) in [6.45, 7) is 3.60. The van der Waals surface area contributed by atoms with Gasteiger partial charge in [0.15, 0.2) is 0 Å². The van der Waals surface area contributed by atoms with Crippen molar-refractivity contribution in [2.75, 3.05) is 27.3 Å². The van der Waals surface area contributed by atoms with E-state index in [0.29, 0.717) is 18.9 Å². The number of hydrogen-bond donors (Lipinski definition) is 2. The van der Waals surface area contributed by atoms with Crippen molar-refractivity contribution in [3.05, 3.63) is 59.8 Å². The summed E-state index contributed by atoms with van der Waals surface area (Å²) >= 11 is 0. The first-order valence-electron chi connectivity index (χ1n) is 11.4. The number of methoxy groups -OCH3 is 2. The number of nitrogens with zero attached hydrogens (tertiary/aromatic N) is 1. The van der Waals surface area contributed by atoms with Gasteiger partial charge in [0.25, 0.3) is 0 Å². The molecule has 2 heterocycles. The number of ether oxygens (including phenoxy) is 2. The molecule has 1 saturated heterocycles. The van der Waals surface area contributed by atoms with Gasteiger partial charge in [0.1, 0.15) is 11.5 Å². The number of para-hydroxylation sites is 1. The predicted octanol–water partition coefficient (Wildman–Crippen LogP) is 4.49. The van der Waals surface area contributed by atoms with Crippen molar-refractivity contribution in [3.63, 3.8) is 0 Å². The number of nitrogens with one attached hydrogen (secondary N) is 2. The van der Waals surface area contributed by atoms with Crippen LogP contribution in [0, 0.1) is 5.92 Å². The molecule has 1 aliphatic rings. The van der Waals surface area contributed by atoms with Crippen LogP contribution >= 0.6 is 0 Å². The van der Waals surface area contributed by atoms with E-state index in [1.807, 2.05) is 18.2 Å². The number of carbonyl (C=O) groups is 1. The van der Waals surface area contributed by atoms with Gasteiger partial charge in [-0.1, -0.05) is 18.2 Å². The van der Waals surface area contributed by atoms with E-state index in [-0.39, 0.29) is 5.91 Å². The Morgan fingerprint density at radius 1 is 1.16 bits per heavy atom. The molecule has 6 heteroatoms. The third-order valence-electron chi connectivity index (χ3n) is 6.42. The Labute approximate surface area is 189 Å². The van der Waals surface area contributed by atoms with E-state index in [2.05, 4.69) is 45.7 Å². The van der Waals surface area contributed by atoms with E-state index in [4.69, 9.17) is 9.47 Å². The SMILES string of the molecule is COc1ccc(CNC(=O)CC[C@@H]2CCCN(Cc3c[nH]c4ccccc34)C2)c(OC)c1. The Bertz CT molecular complexity index is 1050. The lowest BCUT2D eigenvalue weighted by molar-refractivity contribution is -0.121. The summed E-state index contributed by atoms with van der Waals surface area (Å²) in [6.07, 6.45) is 6.01. The van der Waals surface area contributed by atoms with E-state index in [0.717, 1.165) is 43.1 Å². The lowest BCUT2D eigenvalue weighted by atomic mass is 9.93. The second-order valence-electron chi connectivity index (χ2n) is 8.60. The van der Waals surface area contributed by atoms with Gasteiger partial charge in [-0.25, -0.2) is 0 Å². The lowest BCUT2D eigenvalue weighted by Crippen LogP contribution is -2.35. The topological polar surface area (TPSA) is 66.6 Å². The molecular formula is C26H33N3O3. The molecule has 0 saturated carbocycles. The zero-order valence-electron chi connectivity index (χ0n) is 19.0. The fraction of sp³-hybridized carbons (Fsp3) is 0.423. The molecule has 1 atom stereocenters. The number of amides is 1. The Hall–Kier alpha value is -2.99. The standard InChI is InChI=1S/C26H33N3O3/c1-31-22-11-10-20(25(14-22)32-2)15-28-26(30)12-9-19-6-5-13-29(17-19)18-21-16-27-24-8-4-3-7-23(21)24/h3-4,7-8,10-11,14,16,19,27H,5-6,9,12-13,15,17-18H2,1-2H3,(H,28,30)/t19-/m0/s1. The van der Waals surface area contributed by atoms with Crippen molar-refractivity contribution in [2.45, 2.75) is 38.8 Å². The first-order chi connectivity index (χ1) is 15.7. The highest BCUT2D eigenvalue weighted by Gasteiger charge is 2.21. The number of aromatic nitrogens is 1. The van der Waals surface area contributed by atoms with Crippen LogP contribution in [0.25, 0.3) is 10.9 Å². The van der Waals surface area contributed by atoms with E-state index in [1.54, 1.807) is 14.2 Å². The van der Waals surface area contributed by atoms with Gasteiger partial charge in [-0.15, -0.1) is 0 Å². The molecule has 2 N–H and O–H groups in total. The highest BCUT2D eigenvalue weighted by atomic mass is 16.5. The molecule has 4 rings (SSSR count). The van der Waals surface area contributed by atoms with Gasteiger partial charge in [0.05, 0.1) is 14.2 Å². The van der Waals surface area contributed by atoms with Gasteiger partial charge < -0.3 is 19.8 Å². The summed E-state index contributed by atoms with van der Waals surface area (Å²) < 4.78 is 10.7. The number of aromatic amines is 1. The zero-order valence-corrected chi connectivity index (χ0v) is 19.0. The maximum atomic E-state index is 12.5. The molecule has 0 spiro atoms. The van der Waals surface area contributed by atoms with Gasteiger partial charge in [-0.2, -0.15) is 0 Å². The van der Waals surface area contributed by atoms with Gasteiger partial charge in [0.2, 0.25) is 5.91 Å². The highest BCUT2D eigenvalue weighted by molar-refractivity contribution is 5.83. The highest BCUT2D eigenvalue weighted by Crippen LogP contribution is 2.26. The maximum Gasteiger partial charge on any atom is 0.220 e. The number of carbonyl (C=O) groups excluding carboxylic acids is 1. The summed E-state index contributed by atoms with van der Waals surface area (Å²) in [5.41, 5.74) is 3.50. The Kier molecular flexibility index (Phi) is 7.32. The average molecular weight is 436 g/mol. The van der Waals surface area contributed by atoms with Crippen LogP contribution in [0.3, 0.4) is 0 Å². The molecule has 0 aliphatic carbocycles. The number of fused-ring (bicyclic) bond motifs is 1. The molecule has 1 aliphatic heterocycles. The molecule has 1 amide bonds. The predicted molar refractivity (Wildman–Crippen MR) is 127 cm³/mol. The fourth-order valence-electron chi connectivity index (χ4n) is 4.65. The third-order valence-corrected chi connectivity index (χ3v) is 6.42. The van der Waals surface area contributed by atoms with Crippen LogP contribution in [0.15, 0.2) is 48.7 Å². The first-order valence-corrected chi connectivity index (χ1v) is 11.4. The van der Waals surface area contributed by atoms with Crippen LogP contribution in [0.2, 0.25) is 0 Å². The third kappa shape index (κ3) is 5.43. The summed E-state index contributed by atoms with van der Waals surface area (Å²) in [5.74, 6) is 2.13. The Morgan fingerprint density at radius 3 is 2.88 bits per heavy atom. The molecule has 2 aromatic carbocycles. The molecular weight excluding hydrogens is 402 g/mol. The minimum atomic E-state index is 0.0941. The molecule has 1 fully saturated rings. The van der Waals surface area contributed by atoms with Crippen LogP contribution in [0.4, 0.5) is 0 Å². The normalized spacial score (nSPS) is 16.8. The maximum absolute atomic E-state index is 12.5. The molecule has 3 aromatic rings. The quantitative estimate of drug-likeness (QED) is 0.520. The monoisotopic (exact) mass is 435 g/mol. The number of H-pyrrole nitrogens is 1. The molecule has 0 bridgehead atoms. The van der Waals surface area contributed by atoms with Crippen molar-refractivity contribution < 1.29 is 14.3 Å². The number of piperidine rings is 1. The van der Waals surface area contributed by atoms with Crippen molar-refractivity contribution >= 4 is 16.8 Å². The number of benzene rings is 2. The lowest BCUT2D eigenvalue weighted by Gasteiger charge is -2.32.